The second-order valence-corrected chi connectivity index (χ2v) is 5.91. The van der Waals surface area contributed by atoms with Gasteiger partial charge in [-0.25, -0.2) is 4.98 Å². The minimum atomic E-state index is 0.579. The minimum absolute atomic E-state index is 0.579. The first kappa shape index (κ1) is 11.3. The third-order valence-corrected chi connectivity index (χ3v) is 4.30. The van der Waals surface area contributed by atoms with Crippen LogP contribution < -0.4 is 5.32 Å². The number of aryl methyl sites for hydroxylation is 1. The van der Waals surface area contributed by atoms with Crippen LogP contribution >= 0.6 is 27.7 Å². The summed E-state index contributed by atoms with van der Waals surface area (Å²) in [4.78, 5) is 4.40. The zero-order valence-electron chi connectivity index (χ0n) is 8.79. The molecule has 1 aliphatic rings. The van der Waals surface area contributed by atoms with Gasteiger partial charge in [-0.2, -0.15) is 11.8 Å². The maximum atomic E-state index is 4.40. The van der Waals surface area contributed by atoms with Crippen LogP contribution in [0.3, 0.4) is 0 Å². The van der Waals surface area contributed by atoms with Crippen LogP contribution in [-0.2, 0) is 0 Å². The number of pyridine rings is 1. The molecule has 1 saturated heterocycles. The molecule has 1 N–H and O–H groups in total. The summed E-state index contributed by atoms with van der Waals surface area (Å²) >= 11 is 5.57. The quantitative estimate of drug-likeness (QED) is 0.901. The van der Waals surface area contributed by atoms with Crippen molar-refractivity contribution in [1.29, 1.82) is 0 Å². The van der Waals surface area contributed by atoms with E-state index in [-0.39, 0.29) is 0 Å². The van der Waals surface area contributed by atoms with E-state index >= 15 is 0 Å². The van der Waals surface area contributed by atoms with Gasteiger partial charge in [0.25, 0.3) is 0 Å². The maximum Gasteiger partial charge on any atom is 0.140 e. The number of hydrogen-bond donors (Lipinski definition) is 1. The first-order chi connectivity index (χ1) is 7.25. The molecule has 1 fully saturated rings. The van der Waals surface area contributed by atoms with E-state index in [1.54, 1.807) is 0 Å². The smallest absolute Gasteiger partial charge is 0.140 e. The van der Waals surface area contributed by atoms with E-state index in [9.17, 15) is 0 Å². The summed E-state index contributed by atoms with van der Waals surface area (Å²) in [6.45, 7) is 2.05. The normalized spacial score (nSPS) is 21.3. The van der Waals surface area contributed by atoms with Crippen molar-refractivity contribution in [3.05, 3.63) is 22.3 Å². The highest BCUT2D eigenvalue weighted by Crippen LogP contribution is 2.25. The lowest BCUT2D eigenvalue weighted by Gasteiger charge is -2.23. The van der Waals surface area contributed by atoms with E-state index in [0.717, 1.165) is 10.3 Å². The van der Waals surface area contributed by atoms with E-state index < -0.39 is 0 Å². The molecule has 2 nitrogen and oxygen atoms in total. The molecule has 0 aliphatic carbocycles. The lowest BCUT2D eigenvalue weighted by atomic mass is 10.2. The summed E-state index contributed by atoms with van der Waals surface area (Å²) < 4.78 is 1.07. The van der Waals surface area contributed by atoms with Crippen molar-refractivity contribution in [3.63, 3.8) is 0 Å². The second kappa shape index (κ2) is 5.21. The number of halogens is 1. The predicted molar refractivity (Wildman–Crippen MR) is 70.6 cm³/mol. The summed E-state index contributed by atoms with van der Waals surface area (Å²) in [6, 6.07) is 2.68. The van der Waals surface area contributed by atoms with E-state index in [4.69, 9.17) is 0 Å². The van der Waals surface area contributed by atoms with Gasteiger partial charge in [0, 0.05) is 18.0 Å². The maximum absolute atomic E-state index is 4.40. The van der Waals surface area contributed by atoms with Gasteiger partial charge in [-0.1, -0.05) is 0 Å². The van der Waals surface area contributed by atoms with Crippen LogP contribution in [0.25, 0.3) is 0 Å². The van der Waals surface area contributed by atoms with Gasteiger partial charge in [0.05, 0.1) is 4.47 Å². The Kier molecular flexibility index (Phi) is 3.92. The molecule has 0 radical (unpaired) electrons. The SMILES string of the molecule is Cc1cnc(NC2CCCSC2)c(Br)c1. The van der Waals surface area contributed by atoms with E-state index in [0.29, 0.717) is 6.04 Å². The van der Waals surface area contributed by atoms with Crippen LogP contribution in [0.4, 0.5) is 5.82 Å². The van der Waals surface area contributed by atoms with Crippen LogP contribution in [-0.4, -0.2) is 22.5 Å². The van der Waals surface area contributed by atoms with E-state index in [1.807, 2.05) is 18.0 Å². The minimum Gasteiger partial charge on any atom is -0.366 e. The largest absolute Gasteiger partial charge is 0.366 e. The Labute approximate surface area is 103 Å². The molecule has 1 aromatic rings. The third-order valence-electron chi connectivity index (χ3n) is 2.48. The summed E-state index contributed by atoms with van der Waals surface area (Å²) in [7, 11) is 0. The number of hydrogen-bond acceptors (Lipinski definition) is 3. The first-order valence-corrected chi connectivity index (χ1v) is 7.17. The number of rotatable bonds is 2. The molecule has 15 heavy (non-hydrogen) atoms. The first-order valence-electron chi connectivity index (χ1n) is 5.22. The number of nitrogens with one attached hydrogen (secondary N) is 1. The zero-order chi connectivity index (χ0) is 10.7. The van der Waals surface area contributed by atoms with Gasteiger partial charge in [-0.05, 0) is 53.1 Å². The van der Waals surface area contributed by atoms with Crippen molar-refractivity contribution in [2.24, 2.45) is 0 Å². The zero-order valence-corrected chi connectivity index (χ0v) is 11.2. The molecule has 0 saturated carbocycles. The van der Waals surface area contributed by atoms with Crippen LogP contribution in [0.15, 0.2) is 16.7 Å². The van der Waals surface area contributed by atoms with Crippen molar-refractivity contribution in [2.75, 3.05) is 16.8 Å². The average Bonchev–Trinajstić information content (AvgIpc) is 2.24. The molecular formula is C11H15BrN2S. The lowest BCUT2D eigenvalue weighted by molar-refractivity contribution is 0.682. The number of aromatic nitrogens is 1. The molecular weight excluding hydrogens is 272 g/mol. The molecule has 0 bridgehead atoms. The lowest BCUT2D eigenvalue weighted by Crippen LogP contribution is -2.26. The second-order valence-electron chi connectivity index (χ2n) is 3.90. The van der Waals surface area contributed by atoms with Gasteiger partial charge >= 0.3 is 0 Å². The number of anilines is 1. The Morgan fingerprint density at radius 3 is 3.13 bits per heavy atom. The molecule has 1 aliphatic heterocycles. The van der Waals surface area contributed by atoms with Crippen LogP contribution in [0.1, 0.15) is 18.4 Å². The molecule has 2 heterocycles. The third kappa shape index (κ3) is 3.11. The van der Waals surface area contributed by atoms with Gasteiger partial charge in [0.1, 0.15) is 5.82 Å². The van der Waals surface area contributed by atoms with Crippen LogP contribution in [0, 0.1) is 6.92 Å². The highest BCUT2D eigenvalue weighted by atomic mass is 79.9. The molecule has 0 aromatic carbocycles. The standard InChI is InChI=1S/C11H15BrN2S/c1-8-5-10(12)11(13-6-8)14-9-3-2-4-15-7-9/h5-6,9H,2-4,7H2,1H3,(H,13,14). The number of thioether (sulfide) groups is 1. The summed E-state index contributed by atoms with van der Waals surface area (Å²) in [5.74, 6) is 3.48. The van der Waals surface area contributed by atoms with E-state index in [2.05, 4.69) is 39.2 Å². The topological polar surface area (TPSA) is 24.9 Å². The Bertz CT molecular complexity index is 337. The van der Waals surface area contributed by atoms with Crippen molar-refractivity contribution in [3.8, 4) is 0 Å². The van der Waals surface area contributed by atoms with Gasteiger partial charge in [-0.3, -0.25) is 0 Å². The molecule has 1 atom stereocenters. The van der Waals surface area contributed by atoms with Crippen molar-refractivity contribution in [2.45, 2.75) is 25.8 Å². The van der Waals surface area contributed by atoms with Gasteiger partial charge in [-0.15, -0.1) is 0 Å². The predicted octanol–water partition coefficient (Wildman–Crippen LogP) is 3.46. The molecule has 4 heteroatoms. The summed E-state index contributed by atoms with van der Waals surface area (Å²) in [5.41, 5.74) is 1.19. The Morgan fingerprint density at radius 2 is 2.47 bits per heavy atom. The monoisotopic (exact) mass is 286 g/mol. The van der Waals surface area contributed by atoms with Crippen LogP contribution in [0.5, 0.6) is 0 Å². The highest BCUT2D eigenvalue weighted by Gasteiger charge is 2.14. The fourth-order valence-corrected chi connectivity index (χ4v) is 3.34. The number of nitrogens with zero attached hydrogens (tertiary/aromatic N) is 1. The van der Waals surface area contributed by atoms with Crippen molar-refractivity contribution < 1.29 is 0 Å². The van der Waals surface area contributed by atoms with Crippen LogP contribution in [0.2, 0.25) is 0 Å². The average molecular weight is 287 g/mol. The van der Waals surface area contributed by atoms with Crippen molar-refractivity contribution >= 4 is 33.5 Å². The molecule has 0 spiro atoms. The highest BCUT2D eigenvalue weighted by molar-refractivity contribution is 9.10. The molecule has 1 aromatic heterocycles. The molecule has 82 valence electrons. The fourth-order valence-electron chi connectivity index (χ4n) is 1.69. The van der Waals surface area contributed by atoms with E-state index in [1.165, 1.54) is 29.9 Å². The molecule has 1 unspecified atom stereocenters. The van der Waals surface area contributed by atoms with Crippen molar-refractivity contribution in [1.82, 2.24) is 4.98 Å². The Hall–Kier alpha value is -0.220. The van der Waals surface area contributed by atoms with Gasteiger partial charge in [0.2, 0.25) is 0 Å². The molecule has 0 amide bonds. The Morgan fingerprint density at radius 1 is 1.60 bits per heavy atom. The Balaban J connectivity index is 2.03. The summed E-state index contributed by atoms with van der Waals surface area (Å²) in [5, 5.41) is 3.50. The molecule has 2 rings (SSSR count). The van der Waals surface area contributed by atoms with Gasteiger partial charge < -0.3 is 5.32 Å². The summed E-state index contributed by atoms with van der Waals surface area (Å²) in [6.07, 6.45) is 4.48. The fraction of sp³-hybridized carbons (Fsp3) is 0.545. The van der Waals surface area contributed by atoms with Gasteiger partial charge in [0.15, 0.2) is 0 Å².